The first kappa shape index (κ1) is 12.8. The Labute approximate surface area is 86.1 Å². The molecule has 0 aromatic heterocycles. The lowest BCUT2D eigenvalue weighted by molar-refractivity contribution is 0.112. The molecule has 0 aliphatic heterocycles. The second kappa shape index (κ2) is 8.36. The van der Waals surface area contributed by atoms with E-state index in [4.69, 9.17) is 10.00 Å². The molecule has 76 valence electrons. The summed E-state index contributed by atoms with van der Waals surface area (Å²) in [6.07, 6.45) is 0.572. The molecule has 4 heteroatoms. The Kier molecular flexibility index (Phi) is 8.21. The number of hydrogen-bond donors (Lipinski definition) is 1. The van der Waals surface area contributed by atoms with E-state index in [9.17, 15) is 0 Å². The van der Waals surface area contributed by atoms with Crippen LogP contribution < -0.4 is 0 Å². The Morgan fingerprint density at radius 1 is 1.54 bits per heavy atom. The summed E-state index contributed by atoms with van der Waals surface area (Å²) < 4.78 is 5.28. The minimum atomic E-state index is 0.310. The summed E-state index contributed by atoms with van der Waals surface area (Å²) in [5, 5.41) is 8.48. The van der Waals surface area contributed by atoms with E-state index >= 15 is 0 Å². The average Bonchev–Trinajstić information content (AvgIpc) is 2.12. The van der Waals surface area contributed by atoms with Crippen LogP contribution in [0.5, 0.6) is 0 Å². The van der Waals surface area contributed by atoms with Crippen molar-refractivity contribution in [3.05, 3.63) is 0 Å². The fourth-order valence-corrected chi connectivity index (χ4v) is 1.01. The third-order valence-electron chi connectivity index (χ3n) is 1.96. The van der Waals surface area contributed by atoms with E-state index in [1.807, 2.05) is 14.0 Å². The highest BCUT2D eigenvalue weighted by Crippen LogP contribution is 1.98. The van der Waals surface area contributed by atoms with Gasteiger partial charge in [-0.15, -0.1) is 0 Å². The predicted octanol–water partition coefficient (Wildman–Crippen LogP) is 1.17. The van der Waals surface area contributed by atoms with Gasteiger partial charge >= 0.3 is 0 Å². The summed E-state index contributed by atoms with van der Waals surface area (Å²) in [5.41, 5.74) is 0. The number of nitriles is 1. The van der Waals surface area contributed by atoms with Gasteiger partial charge in [0.1, 0.15) is 0 Å². The fourth-order valence-electron chi connectivity index (χ4n) is 0.883. The lowest BCUT2D eigenvalue weighted by atomic mass is 10.2. The van der Waals surface area contributed by atoms with Gasteiger partial charge in [0, 0.05) is 18.3 Å². The molecule has 0 amide bonds. The number of rotatable bonds is 7. The van der Waals surface area contributed by atoms with E-state index in [0.717, 1.165) is 12.3 Å². The third kappa shape index (κ3) is 6.88. The van der Waals surface area contributed by atoms with Crippen molar-refractivity contribution in [2.24, 2.45) is 0 Å². The molecule has 1 unspecified atom stereocenters. The second-order valence-electron chi connectivity index (χ2n) is 3.03. The lowest BCUT2D eigenvalue weighted by Gasteiger charge is -2.22. The van der Waals surface area contributed by atoms with Crippen LogP contribution >= 0.6 is 12.6 Å². The molecule has 0 rings (SSSR count). The van der Waals surface area contributed by atoms with E-state index in [2.05, 4.69) is 23.6 Å². The van der Waals surface area contributed by atoms with Crippen LogP contribution in [0.2, 0.25) is 0 Å². The van der Waals surface area contributed by atoms with Crippen LogP contribution in [0.3, 0.4) is 0 Å². The van der Waals surface area contributed by atoms with Crippen molar-refractivity contribution in [2.45, 2.75) is 19.4 Å². The summed E-state index contributed by atoms with van der Waals surface area (Å²) in [4.78, 5) is 2.13. The van der Waals surface area contributed by atoms with Crippen LogP contribution in [-0.4, -0.2) is 43.5 Å². The number of likely N-dealkylation sites (N-methyl/N-ethyl adjacent to an activating group) is 1. The van der Waals surface area contributed by atoms with Crippen LogP contribution in [0.25, 0.3) is 0 Å². The molecule has 0 saturated heterocycles. The first-order chi connectivity index (χ1) is 6.22. The maximum Gasteiger partial charge on any atom is 0.0638 e. The fraction of sp³-hybridized carbons (Fsp3) is 0.889. The van der Waals surface area contributed by atoms with Crippen molar-refractivity contribution >= 4 is 12.6 Å². The van der Waals surface area contributed by atoms with E-state index < -0.39 is 0 Å². The molecular weight excluding hydrogens is 184 g/mol. The van der Waals surface area contributed by atoms with Crippen molar-refractivity contribution < 1.29 is 4.74 Å². The smallest absolute Gasteiger partial charge is 0.0638 e. The molecule has 0 N–H and O–H groups in total. The summed E-state index contributed by atoms with van der Waals surface area (Å²) in [5.74, 6) is 0.761. The minimum absolute atomic E-state index is 0.310. The Balaban J connectivity index is 3.39. The van der Waals surface area contributed by atoms with Crippen LogP contribution in [0.1, 0.15) is 13.3 Å². The first-order valence-electron chi connectivity index (χ1n) is 4.48. The molecule has 3 nitrogen and oxygen atoms in total. The molecule has 0 heterocycles. The van der Waals surface area contributed by atoms with Gasteiger partial charge in [-0.3, -0.25) is 0 Å². The van der Waals surface area contributed by atoms with E-state index in [0.29, 0.717) is 25.7 Å². The Morgan fingerprint density at radius 3 is 2.77 bits per heavy atom. The van der Waals surface area contributed by atoms with Crippen molar-refractivity contribution in [2.75, 3.05) is 32.6 Å². The zero-order valence-electron chi connectivity index (χ0n) is 8.36. The molecule has 0 saturated carbocycles. The number of nitrogens with zero attached hydrogens (tertiary/aromatic N) is 2. The highest BCUT2D eigenvalue weighted by Gasteiger charge is 2.07. The molecule has 0 aliphatic carbocycles. The highest BCUT2D eigenvalue weighted by atomic mass is 32.1. The van der Waals surface area contributed by atoms with Crippen molar-refractivity contribution in [3.63, 3.8) is 0 Å². The van der Waals surface area contributed by atoms with Crippen molar-refractivity contribution in [3.8, 4) is 6.07 Å². The number of thiol groups is 1. The van der Waals surface area contributed by atoms with Gasteiger partial charge in [-0.05, 0) is 14.0 Å². The average molecular weight is 202 g/mol. The second-order valence-corrected chi connectivity index (χ2v) is 3.48. The standard InChI is InChI=1S/C9H18N2OS/c1-9(3-4-10)11(2)5-6-12-7-8-13/h9,13H,3,5-8H2,1-2H3. The monoisotopic (exact) mass is 202 g/mol. The van der Waals surface area contributed by atoms with Gasteiger partial charge < -0.3 is 9.64 Å². The maximum atomic E-state index is 8.48. The molecule has 1 atom stereocenters. The van der Waals surface area contributed by atoms with Crippen LogP contribution in [0, 0.1) is 11.3 Å². The van der Waals surface area contributed by atoms with Gasteiger partial charge in [0.15, 0.2) is 0 Å². The van der Waals surface area contributed by atoms with E-state index in [1.165, 1.54) is 0 Å². The summed E-state index contributed by atoms with van der Waals surface area (Å²) in [7, 11) is 2.01. The van der Waals surface area contributed by atoms with Crippen molar-refractivity contribution in [1.82, 2.24) is 4.90 Å². The SMILES string of the molecule is CC(CC#N)N(C)CCOCCS. The molecule has 0 bridgehead atoms. The third-order valence-corrected chi connectivity index (χ3v) is 2.15. The first-order valence-corrected chi connectivity index (χ1v) is 5.11. The highest BCUT2D eigenvalue weighted by molar-refractivity contribution is 7.80. The van der Waals surface area contributed by atoms with Gasteiger partial charge in [-0.25, -0.2) is 0 Å². The topological polar surface area (TPSA) is 36.3 Å². The molecule has 0 aromatic rings. The Hall–Kier alpha value is -0.240. The lowest BCUT2D eigenvalue weighted by Crippen LogP contribution is -2.32. The van der Waals surface area contributed by atoms with Gasteiger partial charge in [-0.2, -0.15) is 17.9 Å². The Bertz CT molecular complexity index is 158. The molecule has 0 radical (unpaired) electrons. The van der Waals surface area contributed by atoms with Gasteiger partial charge in [0.25, 0.3) is 0 Å². The zero-order chi connectivity index (χ0) is 10.1. The summed E-state index contributed by atoms with van der Waals surface area (Å²) in [6, 6.07) is 2.47. The van der Waals surface area contributed by atoms with E-state index in [-0.39, 0.29) is 0 Å². The molecule has 0 spiro atoms. The van der Waals surface area contributed by atoms with E-state index in [1.54, 1.807) is 0 Å². The normalized spacial score (nSPS) is 12.8. The largest absolute Gasteiger partial charge is 0.379 e. The Morgan fingerprint density at radius 2 is 2.23 bits per heavy atom. The number of hydrogen-bond acceptors (Lipinski definition) is 4. The molecule has 0 aliphatic rings. The minimum Gasteiger partial charge on any atom is -0.379 e. The molecular formula is C9H18N2OS. The molecule has 0 fully saturated rings. The van der Waals surface area contributed by atoms with Gasteiger partial charge in [0.2, 0.25) is 0 Å². The van der Waals surface area contributed by atoms with Crippen molar-refractivity contribution in [1.29, 1.82) is 5.26 Å². The van der Waals surface area contributed by atoms with Crippen LogP contribution in [-0.2, 0) is 4.74 Å². The summed E-state index contributed by atoms with van der Waals surface area (Å²) >= 11 is 4.04. The van der Waals surface area contributed by atoms with Crippen LogP contribution in [0.15, 0.2) is 0 Å². The summed E-state index contributed by atoms with van der Waals surface area (Å²) in [6.45, 7) is 4.33. The predicted molar refractivity (Wildman–Crippen MR) is 57.0 cm³/mol. The van der Waals surface area contributed by atoms with Gasteiger partial charge in [-0.1, -0.05) is 0 Å². The zero-order valence-corrected chi connectivity index (χ0v) is 9.26. The quantitative estimate of drug-likeness (QED) is 0.497. The molecule has 0 aromatic carbocycles. The van der Waals surface area contributed by atoms with Crippen LogP contribution in [0.4, 0.5) is 0 Å². The molecule has 13 heavy (non-hydrogen) atoms. The van der Waals surface area contributed by atoms with Gasteiger partial charge in [0.05, 0.1) is 25.7 Å². The number of ether oxygens (including phenoxy) is 1. The maximum absolute atomic E-state index is 8.48.